The molecule has 4 rings (SSSR count). The maximum atomic E-state index is 13.3. The van der Waals surface area contributed by atoms with Crippen LogP contribution in [-0.4, -0.2) is 25.9 Å². The summed E-state index contributed by atoms with van der Waals surface area (Å²) in [4.78, 5) is 15.0. The van der Waals surface area contributed by atoms with Crippen LogP contribution in [0.3, 0.4) is 0 Å². The molecule has 0 radical (unpaired) electrons. The number of H-pyrrole nitrogens is 1. The van der Waals surface area contributed by atoms with Crippen LogP contribution in [0.25, 0.3) is 0 Å². The molecule has 0 aliphatic carbocycles. The van der Waals surface area contributed by atoms with E-state index in [0.29, 0.717) is 16.6 Å². The van der Waals surface area contributed by atoms with Crippen LogP contribution >= 0.6 is 11.6 Å². The summed E-state index contributed by atoms with van der Waals surface area (Å²) in [5.74, 6) is 0.310. The van der Waals surface area contributed by atoms with Crippen LogP contribution in [0.4, 0.5) is 5.69 Å². The van der Waals surface area contributed by atoms with E-state index in [4.69, 9.17) is 11.6 Å². The van der Waals surface area contributed by atoms with Crippen molar-refractivity contribution in [2.75, 3.05) is 4.90 Å². The number of halogens is 1. The Balaban J connectivity index is 1.90. The first-order chi connectivity index (χ1) is 13.0. The van der Waals surface area contributed by atoms with Crippen LogP contribution in [-0.2, 0) is 13.0 Å². The Hall–Kier alpha value is -2.60. The topological polar surface area (TPSA) is 66.8 Å². The number of rotatable bonds is 5. The summed E-state index contributed by atoms with van der Waals surface area (Å²) >= 11 is 6.54. The molecule has 2 aromatic heterocycles. The number of nitrogens with zero attached hydrogens (tertiary/aromatic N) is 4. The molecule has 1 N–H and O–H groups in total. The van der Waals surface area contributed by atoms with Crippen molar-refractivity contribution in [1.82, 2.24) is 20.0 Å². The fourth-order valence-electron chi connectivity index (χ4n) is 3.68. The van der Waals surface area contributed by atoms with E-state index in [-0.39, 0.29) is 11.9 Å². The van der Waals surface area contributed by atoms with Crippen molar-refractivity contribution in [3.8, 4) is 0 Å². The highest BCUT2D eigenvalue weighted by atomic mass is 35.5. The maximum absolute atomic E-state index is 13.3. The standard InChI is InChI=1S/C20H22ClN5O/c1-4-25-11-13(10-22-25)26-19(14-7-5-6-8-15(14)21)17-16(9-12(2)3)23-24-18(17)20(26)27/h5-8,10-12,19H,4,9H2,1-3H3,(H,23,24). The Morgan fingerprint density at radius 2 is 2.07 bits per heavy atom. The van der Waals surface area contributed by atoms with Crippen LogP contribution < -0.4 is 4.90 Å². The summed E-state index contributed by atoms with van der Waals surface area (Å²) in [6.07, 6.45) is 4.43. The van der Waals surface area contributed by atoms with E-state index in [9.17, 15) is 4.79 Å². The number of anilines is 1. The van der Waals surface area contributed by atoms with Crippen molar-refractivity contribution in [2.24, 2.45) is 5.92 Å². The maximum Gasteiger partial charge on any atom is 0.280 e. The molecule has 3 heterocycles. The molecular weight excluding hydrogens is 362 g/mol. The van der Waals surface area contributed by atoms with E-state index < -0.39 is 0 Å². The predicted octanol–water partition coefficient (Wildman–Crippen LogP) is 4.23. The smallest absolute Gasteiger partial charge is 0.280 e. The third-order valence-electron chi connectivity index (χ3n) is 4.87. The lowest BCUT2D eigenvalue weighted by Gasteiger charge is -2.26. The molecule has 1 aliphatic rings. The van der Waals surface area contributed by atoms with Crippen LogP contribution in [0.5, 0.6) is 0 Å². The van der Waals surface area contributed by atoms with E-state index in [1.165, 1.54) is 0 Å². The second-order valence-electron chi connectivity index (χ2n) is 7.22. The molecular formula is C20H22ClN5O. The molecule has 3 aromatic rings. The lowest BCUT2D eigenvalue weighted by atomic mass is 9.95. The molecule has 0 spiro atoms. The molecule has 0 fully saturated rings. The Bertz CT molecular complexity index is 990. The van der Waals surface area contributed by atoms with Gasteiger partial charge in [-0.15, -0.1) is 0 Å². The van der Waals surface area contributed by atoms with Crippen molar-refractivity contribution in [3.05, 3.63) is 64.2 Å². The van der Waals surface area contributed by atoms with Crippen molar-refractivity contribution < 1.29 is 4.79 Å². The van der Waals surface area contributed by atoms with Crippen LogP contribution in [0.2, 0.25) is 5.02 Å². The second-order valence-corrected chi connectivity index (χ2v) is 7.62. The first-order valence-electron chi connectivity index (χ1n) is 9.18. The Morgan fingerprint density at radius 1 is 1.30 bits per heavy atom. The van der Waals surface area contributed by atoms with Gasteiger partial charge in [0.05, 0.1) is 17.9 Å². The van der Waals surface area contributed by atoms with Crippen LogP contribution in [0.1, 0.15) is 54.1 Å². The fraction of sp³-hybridized carbons (Fsp3) is 0.350. The quantitative estimate of drug-likeness (QED) is 0.717. The molecule has 0 saturated heterocycles. The molecule has 1 unspecified atom stereocenters. The van der Waals surface area contributed by atoms with Gasteiger partial charge >= 0.3 is 0 Å². The van der Waals surface area contributed by atoms with Gasteiger partial charge in [0.2, 0.25) is 0 Å². The van der Waals surface area contributed by atoms with Gasteiger partial charge in [0.1, 0.15) is 0 Å². The van der Waals surface area contributed by atoms with Gasteiger partial charge in [0.15, 0.2) is 5.69 Å². The normalized spacial score (nSPS) is 16.4. The molecule has 0 bridgehead atoms. The first-order valence-corrected chi connectivity index (χ1v) is 9.56. The van der Waals surface area contributed by atoms with Crippen LogP contribution in [0.15, 0.2) is 36.7 Å². The largest absolute Gasteiger partial charge is 0.292 e. The summed E-state index contributed by atoms with van der Waals surface area (Å²) in [6, 6.07) is 7.35. The third kappa shape index (κ3) is 2.94. The summed E-state index contributed by atoms with van der Waals surface area (Å²) in [5.41, 5.74) is 4.02. The van der Waals surface area contributed by atoms with E-state index in [1.807, 2.05) is 42.1 Å². The van der Waals surface area contributed by atoms with E-state index in [2.05, 4.69) is 29.1 Å². The van der Waals surface area contributed by atoms with Crippen molar-refractivity contribution in [1.29, 1.82) is 0 Å². The Labute approximate surface area is 163 Å². The lowest BCUT2D eigenvalue weighted by molar-refractivity contribution is 0.0988. The van der Waals surface area contributed by atoms with Gasteiger partial charge in [-0.1, -0.05) is 43.6 Å². The SMILES string of the molecule is CCn1cc(N2C(=O)c3n[nH]c(CC(C)C)c3C2c2ccccc2Cl)cn1. The van der Waals surface area contributed by atoms with Gasteiger partial charge in [0.25, 0.3) is 5.91 Å². The van der Waals surface area contributed by atoms with Gasteiger partial charge in [0, 0.05) is 29.0 Å². The highest BCUT2D eigenvalue weighted by Crippen LogP contribution is 2.44. The first kappa shape index (κ1) is 17.8. The average Bonchev–Trinajstić information content (AvgIpc) is 3.32. The van der Waals surface area contributed by atoms with E-state index in [1.54, 1.807) is 11.1 Å². The molecule has 1 aliphatic heterocycles. The van der Waals surface area contributed by atoms with Crippen molar-refractivity contribution >= 4 is 23.2 Å². The summed E-state index contributed by atoms with van der Waals surface area (Å²) in [6.45, 7) is 7.05. The zero-order valence-corrected chi connectivity index (χ0v) is 16.4. The number of amides is 1. The summed E-state index contributed by atoms with van der Waals surface area (Å²) in [5, 5.41) is 12.4. The third-order valence-corrected chi connectivity index (χ3v) is 5.21. The lowest BCUT2D eigenvalue weighted by Crippen LogP contribution is -2.29. The minimum Gasteiger partial charge on any atom is -0.292 e. The van der Waals surface area contributed by atoms with Crippen LogP contribution in [0, 0.1) is 5.92 Å². The van der Waals surface area contributed by atoms with Gasteiger partial charge in [-0.05, 0) is 30.9 Å². The number of hydrogen-bond acceptors (Lipinski definition) is 3. The molecule has 1 amide bonds. The number of benzene rings is 1. The van der Waals surface area contributed by atoms with Crippen molar-refractivity contribution in [2.45, 2.75) is 39.8 Å². The van der Waals surface area contributed by atoms with Crippen molar-refractivity contribution in [3.63, 3.8) is 0 Å². The molecule has 140 valence electrons. The van der Waals surface area contributed by atoms with E-state index in [0.717, 1.165) is 35.5 Å². The number of carbonyl (C=O) groups is 1. The number of hydrogen-bond donors (Lipinski definition) is 1. The highest BCUT2D eigenvalue weighted by molar-refractivity contribution is 6.31. The number of carbonyl (C=O) groups excluding carboxylic acids is 1. The minimum absolute atomic E-state index is 0.128. The predicted molar refractivity (Wildman–Crippen MR) is 105 cm³/mol. The van der Waals surface area contributed by atoms with Gasteiger partial charge in [-0.2, -0.15) is 10.2 Å². The van der Waals surface area contributed by atoms with E-state index >= 15 is 0 Å². The van der Waals surface area contributed by atoms with Gasteiger partial charge < -0.3 is 0 Å². The zero-order chi connectivity index (χ0) is 19.1. The summed E-state index contributed by atoms with van der Waals surface area (Å²) in [7, 11) is 0. The number of aromatic nitrogens is 4. The molecule has 6 nitrogen and oxygen atoms in total. The monoisotopic (exact) mass is 383 g/mol. The van der Waals surface area contributed by atoms with Gasteiger partial charge in [-0.3, -0.25) is 19.5 Å². The number of nitrogens with one attached hydrogen (secondary N) is 1. The molecule has 27 heavy (non-hydrogen) atoms. The second kappa shape index (κ2) is 6.85. The molecule has 1 atom stereocenters. The molecule has 7 heteroatoms. The fourth-order valence-corrected chi connectivity index (χ4v) is 3.92. The Kier molecular flexibility index (Phi) is 4.52. The minimum atomic E-state index is -0.316. The zero-order valence-electron chi connectivity index (χ0n) is 15.6. The Morgan fingerprint density at radius 3 is 2.74 bits per heavy atom. The number of aromatic amines is 1. The highest BCUT2D eigenvalue weighted by Gasteiger charge is 2.44. The average molecular weight is 384 g/mol. The summed E-state index contributed by atoms with van der Waals surface area (Å²) < 4.78 is 1.81. The molecule has 0 saturated carbocycles. The number of aryl methyl sites for hydroxylation is 1. The molecule has 1 aromatic carbocycles. The van der Waals surface area contributed by atoms with Gasteiger partial charge in [-0.25, -0.2) is 0 Å². The number of fused-ring (bicyclic) bond motifs is 1.